The van der Waals surface area contributed by atoms with Crippen LogP contribution < -0.4 is 0 Å². The van der Waals surface area contributed by atoms with Gasteiger partial charge in [-0.05, 0) is 31.1 Å². The normalized spacial score (nSPS) is 22.7. The summed E-state index contributed by atoms with van der Waals surface area (Å²) in [7, 11) is 0. The van der Waals surface area contributed by atoms with Crippen LogP contribution in [0.3, 0.4) is 0 Å². The lowest BCUT2D eigenvalue weighted by molar-refractivity contribution is 0.406. The lowest BCUT2D eigenvalue weighted by Gasteiger charge is -2.15. The first-order chi connectivity index (χ1) is 3.11. The number of hydrogen-bond acceptors (Lipinski definition) is 0. The van der Waals surface area contributed by atoms with Gasteiger partial charge in [0.25, 0.3) is 0 Å². The van der Waals surface area contributed by atoms with Gasteiger partial charge >= 0.3 is 0 Å². The molecule has 1 rings (SSSR count). The molecule has 0 aromatic heterocycles. The minimum Gasteiger partial charge on any atom is -0.0596 e. The summed E-state index contributed by atoms with van der Waals surface area (Å²) in [5, 5.41) is 0. The Morgan fingerprint density at radius 3 is 1.86 bits per heavy atom. The van der Waals surface area contributed by atoms with E-state index in [-0.39, 0.29) is 0 Å². The van der Waals surface area contributed by atoms with Crippen LogP contribution in [0, 0.1) is 18.3 Å². The standard InChI is InChI=1S/C7H13/c1-7(2,3)6-4-5-6/h6H,1,4-5H2,2-3H3. The largest absolute Gasteiger partial charge is 0.0596 e. The molecule has 1 fully saturated rings. The average molecular weight is 97.2 g/mol. The fourth-order valence-electron chi connectivity index (χ4n) is 0.865. The molecule has 1 saturated carbocycles. The summed E-state index contributed by atoms with van der Waals surface area (Å²) in [6, 6.07) is 0. The first kappa shape index (κ1) is 5.14. The molecule has 0 aromatic carbocycles. The van der Waals surface area contributed by atoms with Gasteiger partial charge in [0.2, 0.25) is 0 Å². The third kappa shape index (κ3) is 1.19. The lowest BCUT2D eigenvalue weighted by Crippen LogP contribution is -2.06. The quantitative estimate of drug-likeness (QED) is 0.470. The monoisotopic (exact) mass is 97.1 g/mol. The predicted octanol–water partition coefficient (Wildman–Crippen LogP) is 2.26. The third-order valence-electron chi connectivity index (χ3n) is 1.68. The predicted molar refractivity (Wildman–Crippen MR) is 31.9 cm³/mol. The van der Waals surface area contributed by atoms with Crippen LogP contribution in [0.25, 0.3) is 0 Å². The summed E-state index contributed by atoms with van der Waals surface area (Å²) < 4.78 is 0. The summed E-state index contributed by atoms with van der Waals surface area (Å²) in [5.41, 5.74) is 0.361. The van der Waals surface area contributed by atoms with Gasteiger partial charge in [0.05, 0.1) is 0 Å². The molecule has 0 aliphatic heterocycles. The highest BCUT2D eigenvalue weighted by Crippen LogP contribution is 2.44. The molecule has 1 aliphatic carbocycles. The Labute approximate surface area is 45.9 Å². The molecular weight excluding hydrogens is 84.1 g/mol. The summed E-state index contributed by atoms with van der Waals surface area (Å²) in [5.74, 6) is 0.937. The zero-order valence-corrected chi connectivity index (χ0v) is 5.20. The fraction of sp³-hybridized carbons (Fsp3) is 0.857. The summed E-state index contributed by atoms with van der Waals surface area (Å²) in [4.78, 5) is 0. The highest BCUT2D eigenvalue weighted by molar-refractivity contribution is 4.89. The van der Waals surface area contributed by atoms with Crippen molar-refractivity contribution in [1.82, 2.24) is 0 Å². The van der Waals surface area contributed by atoms with Gasteiger partial charge in [0.1, 0.15) is 0 Å². The molecule has 0 aromatic rings. The van der Waals surface area contributed by atoms with Crippen molar-refractivity contribution in [3.63, 3.8) is 0 Å². The molecule has 0 atom stereocenters. The van der Waals surface area contributed by atoms with E-state index in [9.17, 15) is 0 Å². The second-order valence-electron chi connectivity index (χ2n) is 3.26. The molecule has 0 nitrogen and oxygen atoms in total. The van der Waals surface area contributed by atoms with Gasteiger partial charge in [-0.25, -0.2) is 0 Å². The Morgan fingerprint density at radius 2 is 1.86 bits per heavy atom. The van der Waals surface area contributed by atoms with E-state index in [2.05, 4.69) is 20.8 Å². The Balaban J connectivity index is 2.36. The van der Waals surface area contributed by atoms with Gasteiger partial charge in [0.15, 0.2) is 0 Å². The second-order valence-corrected chi connectivity index (χ2v) is 3.26. The molecule has 1 aliphatic rings. The van der Waals surface area contributed by atoms with Crippen LogP contribution in [-0.2, 0) is 0 Å². The highest BCUT2D eigenvalue weighted by atomic mass is 14.4. The van der Waals surface area contributed by atoms with Gasteiger partial charge in [-0.2, -0.15) is 0 Å². The third-order valence-corrected chi connectivity index (χ3v) is 1.68. The van der Waals surface area contributed by atoms with E-state index in [0.717, 1.165) is 5.92 Å². The van der Waals surface area contributed by atoms with Crippen molar-refractivity contribution in [1.29, 1.82) is 0 Å². The second kappa shape index (κ2) is 1.24. The Kier molecular flexibility index (Phi) is 0.911. The van der Waals surface area contributed by atoms with Gasteiger partial charge in [-0.3, -0.25) is 0 Å². The fourth-order valence-corrected chi connectivity index (χ4v) is 0.865. The zero-order valence-electron chi connectivity index (χ0n) is 5.20. The zero-order chi connectivity index (χ0) is 5.49. The molecule has 0 unspecified atom stereocenters. The molecule has 0 N–H and O–H groups in total. The van der Waals surface area contributed by atoms with Crippen molar-refractivity contribution in [2.75, 3.05) is 0 Å². The van der Waals surface area contributed by atoms with Crippen molar-refractivity contribution in [3.8, 4) is 0 Å². The van der Waals surface area contributed by atoms with Crippen LogP contribution in [-0.4, -0.2) is 0 Å². The van der Waals surface area contributed by atoms with Crippen LogP contribution in [0.5, 0.6) is 0 Å². The maximum Gasteiger partial charge on any atom is -0.0326 e. The van der Waals surface area contributed by atoms with Crippen molar-refractivity contribution < 1.29 is 0 Å². The first-order valence-electron chi connectivity index (χ1n) is 2.96. The van der Waals surface area contributed by atoms with E-state index in [4.69, 9.17) is 0 Å². The van der Waals surface area contributed by atoms with Crippen molar-refractivity contribution in [2.24, 2.45) is 11.3 Å². The van der Waals surface area contributed by atoms with E-state index in [1.54, 1.807) is 0 Å². The molecule has 0 heterocycles. The Morgan fingerprint density at radius 1 is 1.43 bits per heavy atom. The molecule has 0 bridgehead atoms. The van der Waals surface area contributed by atoms with Crippen LogP contribution in [0.15, 0.2) is 0 Å². The van der Waals surface area contributed by atoms with Crippen LogP contribution >= 0.6 is 0 Å². The maximum absolute atomic E-state index is 4.03. The van der Waals surface area contributed by atoms with Crippen molar-refractivity contribution in [3.05, 3.63) is 6.92 Å². The smallest absolute Gasteiger partial charge is 0.0326 e. The summed E-state index contributed by atoms with van der Waals surface area (Å²) in [6.45, 7) is 8.46. The minimum absolute atomic E-state index is 0.361. The van der Waals surface area contributed by atoms with E-state index >= 15 is 0 Å². The van der Waals surface area contributed by atoms with Gasteiger partial charge < -0.3 is 0 Å². The number of hydrogen-bond donors (Lipinski definition) is 0. The molecule has 7 heavy (non-hydrogen) atoms. The minimum atomic E-state index is 0.361. The van der Waals surface area contributed by atoms with E-state index in [0.29, 0.717) is 5.41 Å². The SMILES string of the molecule is [CH2]C(C)(C)C1CC1. The summed E-state index contributed by atoms with van der Waals surface area (Å²) >= 11 is 0. The number of rotatable bonds is 1. The molecule has 0 heteroatoms. The molecule has 1 radical (unpaired) electrons. The van der Waals surface area contributed by atoms with E-state index < -0.39 is 0 Å². The van der Waals surface area contributed by atoms with Crippen LogP contribution in [0.4, 0.5) is 0 Å². The van der Waals surface area contributed by atoms with Crippen molar-refractivity contribution >= 4 is 0 Å². The molecule has 0 amide bonds. The van der Waals surface area contributed by atoms with Gasteiger partial charge in [0, 0.05) is 0 Å². The summed E-state index contributed by atoms with van der Waals surface area (Å²) in [6.07, 6.45) is 2.83. The van der Waals surface area contributed by atoms with Gasteiger partial charge in [-0.1, -0.05) is 13.8 Å². The van der Waals surface area contributed by atoms with Crippen LogP contribution in [0.1, 0.15) is 26.7 Å². The Bertz CT molecular complexity index is 62.6. The van der Waals surface area contributed by atoms with Crippen molar-refractivity contribution in [2.45, 2.75) is 26.7 Å². The van der Waals surface area contributed by atoms with E-state index in [1.165, 1.54) is 12.8 Å². The van der Waals surface area contributed by atoms with Gasteiger partial charge in [-0.15, -0.1) is 0 Å². The highest BCUT2D eigenvalue weighted by Gasteiger charge is 2.33. The first-order valence-corrected chi connectivity index (χ1v) is 2.96. The molecule has 0 spiro atoms. The molecule has 0 saturated heterocycles. The molecular formula is C7H13. The van der Waals surface area contributed by atoms with Crippen LogP contribution in [0.2, 0.25) is 0 Å². The average Bonchev–Trinajstić information content (AvgIpc) is 1.99. The Hall–Kier alpha value is 0. The lowest BCUT2D eigenvalue weighted by atomic mass is 9.91. The molecule has 41 valence electrons. The topological polar surface area (TPSA) is 0 Å². The van der Waals surface area contributed by atoms with E-state index in [1.807, 2.05) is 0 Å². The maximum atomic E-state index is 4.03.